The van der Waals surface area contributed by atoms with Gasteiger partial charge in [-0.2, -0.15) is 0 Å². The Morgan fingerprint density at radius 1 is 1.52 bits per heavy atom. The van der Waals surface area contributed by atoms with E-state index in [0.717, 1.165) is 49.5 Å². The second-order valence-corrected chi connectivity index (χ2v) is 6.49. The van der Waals surface area contributed by atoms with Gasteiger partial charge in [0, 0.05) is 30.5 Å². The van der Waals surface area contributed by atoms with E-state index < -0.39 is 0 Å². The number of hydrogen-bond donors (Lipinski definition) is 2. The maximum atomic E-state index is 11.7. The molecule has 0 aromatic heterocycles. The van der Waals surface area contributed by atoms with Crippen LogP contribution in [0.3, 0.4) is 0 Å². The monoisotopic (exact) mass is 338 g/mol. The van der Waals surface area contributed by atoms with Crippen molar-refractivity contribution < 1.29 is 9.53 Å². The summed E-state index contributed by atoms with van der Waals surface area (Å²) in [6, 6.07) is 7.86. The van der Waals surface area contributed by atoms with E-state index in [-0.39, 0.29) is 12.0 Å². The topological polar surface area (TPSA) is 50.4 Å². The minimum absolute atomic E-state index is 0.0134. The minimum Gasteiger partial charge on any atom is -0.373 e. The van der Waals surface area contributed by atoms with Crippen LogP contribution in [0.4, 0.5) is 0 Å². The Bertz CT molecular complexity index is 490. The number of nitrogens with one attached hydrogen (secondary N) is 2. The van der Waals surface area contributed by atoms with Gasteiger partial charge in [-0.15, -0.1) is 0 Å². The second kappa shape index (κ2) is 9.91. The van der Waals surface area contributed by atoms with Gasteiger partial charge in [0.2, 0.25) is 5.91 Å². The highest BCUT2D eigenvalue weighted by atomic mass is 35.5. The third kappa shape index (κ3) is 6.13. The van der Waals surface area contributed by atoms with Crippen molar-refractivity contribution in [2.45, 2.75) is 38.7 Å². The van der Waals surface area contributed by atoms with E-state index in [1.165, 1.54) is 0 Å². The molecule has 1 fully saturated rings. The molecule has 1 unspecified atom stereocenters. The average molecular weight is 339 g/mol. The van der Waals surface area contributed by atoms with Gasteiger partial charge in [0.25, 0.3) is 0 Å². The van der Waals surface area contributed by atoms with Gasteiger partial charge in [-0.05, 0) is 43.5 Å². The number of carbonyl (C=O) groups is 1. The van der Waals surface area contributed by atoms with Crippen molar-refractivity contribution in [3.63, 3.8) is 0 Å². The molecule has 1 aliphatic rings. The number of halogens is 1. The third-order valence-electron chi connectivity index (χ3n) is 4.14. The lowest BCUT2D eigenvalue weighted by molar-refractivity contribution is -0.123. The first kappa shape index (κ1) is 18.2. The molecule has 2 rings (SSSR count). The number of benzene rings is 1. The lowest BCUT2D eigenvalue weighted by atomic mass is 9.89. The molecule has 1 amide bonds. The van der Waals surface area contributed by atoms with Gasteiger partial charge in [-0.1, -0.05) is 30.7 Å². The van der Waals surface area contributed by atoms with E-state index in [0.29, 0.717) is 18.9 Å². The number of piperidine rings is 1. The first-order valence-corrected chi connectivity index (χ1v) is 8.93. The van der Waals surface area contributed by atoms with Gasteiger partial charge in [-0.25, -0.2) is 0 Å². The molecular formula is C18H27ClN2O2. The lowest BCUT2D eigenvalue weighted by Crippen LogP contribution is -2.34. The van der Waals surface area contributed by atoms with E-state index in [9.17, 15) is 4.79 Å². The Hall–Kier alpha value is -1.10. The Balaban J connectivity index is 1.95. The summed E-state index contributed by atoms with van der Waals surface area (Å²) in [5.41, 5.74) is 1.10. The molecule has 0 bridgehead atoms. The standard InChI is InChI=1S/C18H27ClN2O2/c1-2-9-21-17(22)8-11-23-18(15-6-4-10-20-13-15)14-5-3-7-16(19)12-14/h3,5,7,12,15,18,20H,2,4,6,8-11,13H2,1H3,(H,21,22)/t15-,18?/m1/s1. The molecule has 2 atom stereocenters. The van der Waals surface area contributed by atoms with Crippen LogP contribution < -0.4 is 10.6 Å². The quantitative estimate of drug-likeness (QED) is 0.764. The lowest BCUT2D eigenvalue weighted by Gasteiger charge is -2.31. The van der Waals surface area contributed by atoms with Gasteiger partial charge in [0.05, 0.1) is 12.7 Å². The zero-order chi connectivity index (χ0) is 16.5. The Kier molecular flexibility index (Phi) is 7.86. The van der Waals surface area contributed by atoms with E-state index in [2.05, 4.69) is 16.7 Å². The van der Waals surface area contributed by atoms with Gasteiger partial charge in [-0.3, -0.25) is 4.79 Å². The molecule has 1 saturated heterocycles. The molecule has 2 N–H and O–H groups in total. The van der Waals surface area contributed by atoms with Crippen LogP contribution in [-0.2, 0) is 9.53 Å². The normalized spacial score (nSPS) is 19.3. The van der Waals surface area contributed by atoms with E-state index in [1.807, 2.05) is 25.1 Å². The van der Waals surface area contributed by atoms with Crippen molar-refractivity contribution in [1.82, 2.24) is 10.6 Å². The highest BCUT2D eigenvalue weighted by Gasteiger charge is 2.26. The maximum absolute atomic E-state index is 11.7. The summed E-state index contributed by atoms with van der Waals surface area (Å²) >= 11 is 6.13. The molecular weight excluding hydrogens is 312 g/mol. The van der Waals surface area contributed by atoms with Gasteiger partial charge < -0.3 is 15.4 Å². The van der Waals surface area contributed by atoms with Crippen LogP contribution >= 0.6 is 11.6 Å². The van der Waals surface area contributed by atoms with Crippen molar-refractivity contribution in [3.05, 3.63) is 34.9 Å². The third-order valence-corrected chi connectivity index (χ3v) is 4.37. The molecule has 1 aliphatic heterocycles. The summed E-state index contributed by atoms with van der Waals surface area (Å²) in [6.45, 7) is 5.21. The molecule has 4 nitrogen and oxygen atoms in total. The smallest absolute Gasteiger partial charge is 0.222 e. The Morgan fingerprint density at radius 2 is 2.39 bits per heavy atom. The molecule has 5 heteroatoms. The van der Waals surface area contributed by atoms with E-state index >= 15 is 0 Å². The van der Waals surface area contributed by atoms with Crippen LogP contribution in [0, 0.1) is 5.92 Å². The van der Waals surface area contributed by atoms with Crippen molar-refractivity contribution in [1.29, 1.82) is 0 Å². The first-order chi connectivity index (χ1) is 11.2. The van der Waals surface area contributed by atoms with Gasteiger partial charge in [0.1, 0.15) is 0 Å². The maximum Gasteiger partial charge on any atom is 0.222 e. The van der Waals surface area contributed by atoms with E-state index in [1.54, 1.807) is 0 Å². The van der Waals surface area contributed by atoms with Crippen LogP contribution in [0.25, 0.3) is 0 Å². The summed E-state index contributed by atoms with van der Waals surface area (Å²) < 4.78 is 6.11. The Labute approximate surface area is 143 Å². The summed E-state index contributed by atoms with van der Waals surface area (Å²) in [5.74, 6) is 0.472. The minimum atomic E-state index is -0.0134. The predicted octanol–water partition coefficient (Wildman–Crippen LogP) is 3.31. The van der Waals surface area contributed by atoms with Gasteiger partial charge in [0.15, 0.2) is 0 Å². The number of hydrogen-bond acceptors (Lipinski definition) is 3. The fourth-order valence-corrected chi connectivity index (χ4v) is 3.16. The van der Waals surface area contributed by atoms with Crippen molar-refractivity contribution in [2.24, 2.45) is 5.92 Å². The summed E-state index contributed by atoms with van der Waals surface area (Å²) in [7, 11) is 0. The fourth-order valence-electron chi connectivity index (χ4n) is 2.96. The van der Waals surface area contributed by atoms with Crippen LogP contribution in [0.2, 0.25) is 5.02 Å². The predicted molar refractivity (Wildman–Crippen MR) is 93.7 cm³/mol. The molecule has 0 spiro atoms. The summed E-state index contributed by atoms with van der Waals surface area (Å²) in [6.07, 6.45) is 3.62. The summed E-state index contributed by atoms with van der Waals surface area (Å²) in [4.78, 5) is 11.7. The van der Waals surface area contributed by atoms with Gasteiger partial charge >= 0.3 is 0 Å². The number of rotatable bonds is 8. The number of carbonyl (C=O) groups excluding carboxylic acids is 1. The van der Waals surface area contributed by atoms with Crippen molar-refractivity contribution in [2.75, 3.05) is 26.2 Å². The molecule has 1 aromatic rings. The van der Waals surface area contributed by atoms with Crippen LogP contribution in [0.1, 0.15) is 44.3 Å². The zero-order valence-electron chi connectivity index (χ0n) is 13.8. The SMILES string of the molecule is CCCNC(=O)CCOC(c1cccc(Cl)c1)[C@@H]1CCCNC1. The second-order valence-electron chi connectivity index (χ2n) is 6.05. The zero-order valence-corrected chi connectivity index (χ0v) is 14.6. The molecule has 0 saturated carbocycles. The number of ether oxygens (including phenoxy) is 1. The molecule has 128 valence electrons. The first-order valence-electron chi connectivity index (χ1n) is 8.55. The Morgan fingerprint density at radius 3 is 3.09 bits per heavy atom. The van der Waals surface area contributed by atoms with Crippen molar-refractivity contribution >= 4 is 17.5 Å². The highest BCUT2D eigenvalue weighted by Crippen LogP contribution is 2.32. The molecule has 0 radical (unpaired) electrons. The molecule has 0 aliphatic carbocycles. The van der Waals surface area contributed by atoms with Crippen LogP contribution in [0.5, 0.6) is 0 Å². The highest BCUT2D eigenvalue weighted by molar-refractivity contribution is 6.30. The average Bonchev–Trinajstić information content (AvgIpc) is 2.57. The molecule has 23 heavy (non-hydrogen) atoms. The van der Waals surface area contributed by atoms with Crippen LogP contribution in [-0.4, -0.2) is 32.1 Å². The van der Waals surface area contributed by atoms with E-state index in [4.69, 9.17) is 16.3 Å². The number of amides is 1. The molecule has 1 aromatic carbocycles. The van der Waals surface area contributed by atoms with Crippen LogP contribution in [0.15, 0.2) is 24.3 Å². The largest absolute Gasteiger partial charge is 0.373 e. The fraction of sp³-hybridized carbons (Fsp3) is 0.611. The molecule has 1 heterocycles. The summed E-state index contributed by atoms with van der Waals surface area (Å²) in [5, 5.41) is 7.04. The van der Waals surface area contributed by atoms with Crippen molar-refractivity contribution in [3.8, 4) is 0 Å².